The van der Waals surface area contributed by atoms with Gasteiger partial charge >= 0.3 is 0 Å². The van der Waals surface area contributed by atoms with Gasteiger partial charge in [0.2, 0.25) is 5.91 Å². The Morgan fingerprint density at radius 2 is 2.10 bits per heavy atom. The number of aryl methyl sites for hydroxylation is 1. The molecule has 2 unspecified atom stereocenters. The maximum atomic E-state index is 12.2. The van der Waals surface area contributed by atoms with E-state index in [1.807, 2.05) is 29.2 Å². The zero-order valence-corrected chi connectivity index (χ0v) is 12.9. The van der Waals surface area contributed by atoms with Crippen LogP contribution in [0.15, 0.2) is 24.3 Å². The van der Waals surface area contributed by atoms with E-state index in [9.17, 15) is 4.79 Å². The van der Waals surface area contributed by atoms with Gasteiger partial charge in [-0.25, -0.2) is 0 Å². The lowest BCUT2D eigenvalue weighted by molar-refractivity contribution is -0.132. The average molecular weight is 296 g/mol. The molecule has 3 nitrogen and oxygen atoms in total. The third kappa shape index (κ3) is 3.89. The minimum Gasteiger partial charge on any atom is -0.497 e. The molecule has 2 atom stereocenters. The van der Waals surface area contributed by atoms with Gasteiger partial charge < -0.3 is 9.64 Å². The Morgan fingerprint density at radius 3 is 2.70 bits per heavy atom. The molecule has 4 heteroatoms. The molecule has 1 heterocycles. The van der Waals surface area contributed by atoms with Gasteiger partial charge in [0.15, 0.2) is 0 Å². The van der Waals surface area contributed by atoms with E-state index < -0.39 is 0 Å². The topological polar surface area (TPSA) is 29.5 Å². The molecule has 0 aromatic heterocycles. The third-order valence-corrected chi connectivity index (χ3v) is 4.59. The highest BCUT2D eigenvalue weighted by atomic mass is 35.5. The van der Waals surface area contributed by atoms with Crippen molar-refractivity contribution in [2.24, 2.45) is 5.92 Å². The predicted molar refractivity (Wildman–Crippen MR) is 81.3 cm³/mol. The lowest BCUT2D eigenvalue weighted by atomic mass is 9.99. The minimum atomic E-state index is 0.209. The first-order chi connectivity index (χ1) is 9.60. The smallest absolute Gasteiger partial charge is 0.222 e. The molecule has 1 fully saturated rings. The van der Waals surface area contributed by atoms with E-state index in [-0.39, 0.29) is 11.3 Å². The fourth-order valence-corrected chi connectivity index (χ4v) is 2.72. The van der Waals surface area contributed by atoms with E-state index in [1.54, 1.807) is 7.11 Å². The molecule has 0 radical (unpaired) electrons. The summed E-state index contributed by atoms with van der Waals surface area (Å²) in [5, 5.41) is 0.209. The number of nitrogens with zero attached hydrogens (tertiary/aromatic N) is 1. The molecule has 0 bridgehead atoms. The number of alkyl halides is 1. The van der Waals surface area contributed by atoms with Crippen LogP contribution >= 0.6 is 11.6 Å². The number of halogens is 1. The van der Waals surface area contributed by atoms with Crippen LogP contribution < -0.4 is 4.74 Å². The normalized spacial score (nSPS) is 22.6. The summed E-state index contributed by atoms with van der Waals surface area (Å²) in [6.07, 6.45) is 2.24. The van der Waals surface area contributed by atoms with Gasteiger partial charge in [0.25, 0.3) is 0 Å². The van der Waals surface area contributed by atoms with Gasteiger partial charge in [-0.2, -0.15) is 0 Å². The Bertz CT molecular complexity index is 446. The first-order valence-electron chi connectivity index (χ1n) is 7.15. The molecule has 0 aliphatic carbocycles. The molecular weight excluding hydrogens is 274 g/mol. The SMILES string of the molecule is COc1ccc(CCC(=O)N2CCC(Cl)C(C)C2)cc1. The number of hydrogen-bond acceptors (Lipinski definition) is 2. The number of amides is 1. The number of carbonyl (C=O) groups excluding carboxylic acids is 1. The molecule has 0 N–H and O–H groups in total. The van der Waals surface area contributed by atoms with Crippen molar-refractivity contribution in [3.05, 3.63) is 29.8 Å². The van der Waals surface area contributed by atoms with E-state index in [4.69, 9.17) is 16.3 Å². The molecule has 0 spiro atoms. The minimum absolute atomic E-state index is 0.209. The molecule has 1 aliphatic rings. The van der Waals surface area contributed by atoms with Crippen molar-refractivity contribution in [1.29, 1.82) is 0 Å². The predicted octanol–water partition coefficient (Wildman–Crippen LogP) is 3.10. The first-order valence-corrected chi connectivity index (χ1v) is 7.58. The summed E-state index contributed by atoms with van der Waals surface area (Å²) in [5.74, 6) is 1.46. The summed E-state index contributed by atoms with van der Waals surface area (Å²) in [4.78, 5) is 14.2. The fraction of sp³-hybridized carbons (Fsp3) is 0.562. The second kappa shape index (κ2) is 6.98. The maximum Gasteiger partial charge on any atom is 0.222 e. The highest BCUT2D eigenvalue weighted by Crippen LogP contribution is 2.22. The van der Waals surface area contributed by atoms with Gasteiger partial charge in [-0.1, -0.05) is 19.1 Å². The molecule has 1 aromatic carbocycles. The van der Waals surface area contributed by atoms with Crippen LogP contribution in [0.5, 0.6) is 5.75 Å². The molecule has 1 amide bonds. The number of carbonyl (C=O) groups is 1. The van der Waals surface area contributed by atoms with Crippen LogP contribution in [-0.4, -0.2) is 36.4 Å². The molecule has 1 saturated heterocycles. The zero-order chi connectivity index (χ0) is 14.5. The highest BCUT2D eigenvalue weighted by molar-refractivity contribution is 6.20. The summed E-state index contributed by atoms with van der Waals surface area (Å²) in [7, 11) is 1.65. The Balaban J connectivity index is 1.82. The van der Waals surface area contributed by atoms with Crippen LogP contribution in [-0.2, 0) is 11.2 Å². The van der Waals surface area contributed by atoms with Gasteiger partial charge in [0.05, 0.1) is 7.11 Å². The van der Waals surface area contributed by atoms with Gasteiger partial charge in [0.1, 0.15) is 5.75 Å². The van der Waals surface area contributed by atoms with Crippen LogP contribution in [0.3, 0.4) is 0 Å². The van der Waals surface area contributed by atoms with Gasteiger partial charge in [-0.05, 0) is 36.5 Å². The standard InChI is InChI=1S/C16H22ClNO2/c1-12-11-18(10-9-15(12)17)16(19)8-5-13-3-6-14(20-2)7-4-13/h3-4,6-7,12,15H,5,8-11H2,1-2H3. The van der Waals surface area contributed by atoms with E-state index in [1.165, 1.54) is 5.56 Å². The average Bonchev–Trinajstić information content (AvgIpc) is 2.48. The van der Waals surface area contributed by atoms with Crippen LogP contribution in [0, 0.1) is 5.92 Å². The third-order valence-electron chi connectivity index (χ3n) is 3.94. The Hall–Kier alpha value is -1.22. The van der Waals surface area contributed by atoms with E-state index >= 15 is 0 Å². The summed E-state index contributed by atoms with van der Waals surface area (Å²) in [6.45, 7) is 3.69. The van der Waals surface area contributed by atoms with Crippen LogP contribution in [0.2, 0.25) is 0 Å². The molecule has 2 rings (SSSR count). The number of methoxy groups -OCH3 is 1. The number of piperidine rings is 1. The molecule has 0 saturated carbocycles. The van der Waals surface area contributed by atoms with Crippen molar-refractivity contribution in [2.45, 2.75) is 31.6 Å². The second-order valence-corrected chi connectivity index (χ2v) is 6.03. The van der Waals surface area contributed by atoms with Gasteiger partial charge in [-0.15, -0.1) is 11.6 Å². The Labute approximate surface area is 125 Å². The molecular formula is C16H22ClNO2. The Kier molecular flexibility index (Phi) is 5.30. The summed E-state index contributed by atoms with van der Waals surface area (Å²) < 4.78 is 5.12. The van der Waals surface area contributed by atoms with Crippen LogP contribution in [0.25, 0.3) is 0 Å². The van der Waals surface area contributed by atoms with Crippen molar-refractivity contribution in [1.82, 2.24) is 4.90 Å². The number of likely N-dealkylation sites (tertiary alicyclic amines) is 1. The van der Waals surface area contributed by atoms with E-state index in [2.05, 4.69) is 6.92 Å². The number of rotatable bonds is 4. The quantitative estimate of drug-likeness (QED) is 0.799. The largest absolute Gasteiger partial charge is 0.497 e. The number of ether oxygens (including phenoxy) is 1. The van der Waals surface area contributed by atoms with E-state index in [0.29, 0.717) is 12.3 Å². The first kappa shape index (κ1) is 15.2. The molecule has 110 valence electrons. The zero-order valence-electron chi connectivity index (χ0n) is 12.1. The Morgan fingerprint density at radius 1 is 1.40 bits per heavy atom. The van der Waals surface area contributed by atoms with E-state index in [0.717, 1.165) is 31.7 Å². The summed E-state index contributed by atoms with van der Waals surface area (Å²) >= 11 is 6.19. The molecule has 20 heavy (non-hydrogen) atoms. The van der Waals surface area contributed by atoms with Crippen LogP contribution in [0.1, 0.15) is 25.3 Å². The maximum absolute atomic E-state index is 12.2. The van der Waals surface area contributed by atoms with Gasteiger partial charge in [0, 0.05) is 24.9 Å². The summed E-state index contributed by atoms with van der Waals surface area (Å²) in [5.41, 5.74) is 1.17. The summed E-state index contributed by atoms with van der Waals surface area (Å²) in [6, 6.07) is 7.89. The second-order valence-electron chi connectivity index (χ2n) is 5.47. The fourth-order valence-electron chi connectivity index (χ4n) is 2.55. The number of hydrogen-bond donors (Lipinski definition) is 0. The van der Waals surface area contributed by atoms with Crippen molar-refractivity contribution < 1.29 is 9.53 Å². The van der Waals surface area contributed by atoms with Crippen LogP contribution in [0.4, 0.5) is 0 Å². The van der Waals surface area contributed by atoms with Gasteiger partial charge in [-0.3, -0.25) is 4.79 Å². The lowest BCUT2D eigenvalue weighted by Gasteiger charge is -2.34. The highest BCUT2D eigenvalue weighted by Gasteiger charge is 2.26. The lowest BCUT2D eigenvalue weighted by Crippen LogP contribution is -2.43. The molecule has 1 aliphatic heterocycles. The molecule has 1 aromatic rings. The number of benzene rings is 1. The van der Waals surface area contributed by atoms with Crippen molar-refractivity contribution in [3.8, 4) is 5.75 Å². The van der Waals surface area contributed by atoms with Crippen molar-refractivity contribution >= 4 is 17.5 Å². The monoisotopic (exact) mass is 295 g/mol. The van der Waals surface area contributed by atoms with Crippen molar-refractivity contribution in [3.63, 3.8) is 0 Å². The van der Waals surface area contributed by atoms with Crippen molar-refractivity contribution in [2.75, 3.05) is 20.2 Å².